The van der Waals surface area contributed by atoms with Gasteiger partial charge < -0.3 is 26.4 Å². The van der Waals surface area contributed by atoms with E-state index >= 15 is 4.39 Å². The third-order valence-corrected chi connectivity index (χ3v) is 7.02. The summed E-state index contributed by atoms with van der Waals surface area (Å²) in [6.45, 7) is 2.90. The van der Waals surface area contributed by atoms with Crippen LogP contribution in [0.2, 0.25) is 0 Å². The summed E-state index contributed by atoms with van der Waals surface area (Å²) < 4.78 is 58.2. The molecule has 2 aromatic heterocycles. The molecule has 0 aliphatic carbocycles. The van der Waals surface area contributed by atoms with Gasteiger partial charge in [-0.2, -0.15) is 18.3 Å². The zero-order valence-electron chi connectivity index (χ0n) is 22.6. The first-order valence-corrected chi connectivity index (χ1v) is 13.1. The van der Waals surface area contributed by atoms with Crippen molar-refractivity contribution in [3.8, 4) is 11.3 Å². The van der Waals surface area contributed by atoms with E-state index in [0.717, 1.165) is 25.2 Å². The van der Waals surface area contributed by atoms with E-state index in [0.29, 0.717) is 29.7 Å². The highest BCUT2D eigenvalue weighted by atomic mass is 19.4. The number of nitrogen functional groups attached to an aromatic ring is 1. The van der Waals surface area contributed by atoms with Crippen LogP contribution < -0.4 is 16.4 Å². The van der Waals surface area contributed by atoms with Gasteiger partial charge in [0.05, 0.1) is 29.8 Å². The largest absolute Gasteiger partial charge is 0.416 e. The van der Waals surface area contributed by atoms with Crippen LogP contribution in [-0.4, -0.2) is 80.5 Å². The van der Waals surface area contributed by atoms with Crippen LogP contribution in [0.15, 0.2) is 42.7 Å². The SMILES string of the molecule is CN1CCN(Cc2ccc(NC(=O)Nc3ccc(-c4nn(CCO)c5ncnc(N)c45)cc3F)cc2C(F)(F)F)CC1. The highest BCUT2D eigenvalue weighted by molar-refractivity contribution is 6.01. The van der Waals surface area contributed by atoms with E-state index in [1.54, 1.807) is 0 Å². The average Bonchev–Trinajstić information content (AvgIpc) is 3.31. The smallest absolute Gasteiger partial charge is 0.394 e. The Morgan fingerprint density at radius 2 is 1.83 bits per heavy atom. The zero-order valence-corrected chi connectivity index (χ0v) is 22.6. The number of amides is 2. The van der Waals surface area contributed by atoms with Crippen LogP contribution in [0.25, 0.3) is 22.3 Å². The normalized spacial score (nSPS) is 14.8. The van der Waals surface area contributed by atoms with Gasteiger partial charge in [-0.25, -0.2) is 23.8 Å². The Balaban J connectivity index is 1.32. The van der Waals surface area contributed by atoms with Gasteiger partial charge in [0.2, 0.25) is 0 Å². The summed E-state index contributed by atoms with van der Waals surface area (Å²) >= 11 is 0. The molecule has 0 bridgehead atoms. The molecule has 0 atom stereocenters. The molecule has 15 heteroatoms. The van der Waals surface area contributed by atoms with Crippen molar-refractivity contribution in [3.63, 3.8) is 0 Å². The number of likely N-dealkylation sites (N-methyl/N-ethyl adjacent to an activating group) is 1. The molecule has 11 nitrogen and oxygen atoms in total. The Hall–Kier alpha value is -4.34. The predicted molar refractivity (Wildman–Crippen MR) is 149 cm³/mol. The molecule has 1 aliphatic rings. The second-order valence-corrected chi connectivity index (χ2v) is 9.98. The third-order valence-electron chi connectivity index (χ3n) is 7.02. The number of urea groups is 1. The number of aromatic nitrogens is 4. The quantitative estimate of drug-likeness (QED) is 0.241. The zero-order chi connectivity index (χ0) is 30.0. The van der Waals surface area contributed by atoms with Gasteiger partial charge in [-0.3, -0.25) is 4.90 Å². The van der Waals surface area contributed by atoms with Crippen LogP contribution in [0.5, 0.6) is 0 Å². The van der Waals surface area contributed by atoms with Gasteiger partial charge in [0.15, 0.2) is 5.65 Å². The standard InChI is InChI=1S/C27H29F4N9O2/c1-38-6-8-39(9-7-38)14-17-2-4-18(13-19(17)27(29,30)31)35-26(42)36-21-5-3-16(12-20(21)28)23-22-24(32)33-15-34-25(22)40(37-23)10-11-41/h2-5,12-13,15,41H,6-11,14H2,1H3,(H2,32,33,34)(H2,35,36,42). The van der Waals surface area contributed by atoms with Crippen molar-refractivity contribution < 1.29 is 27.5 Å². The number of fused-ring (bicyclic) bond motifs is 1. The summed E-state index contributed by atoms with van der Waals surface area (Å²) in [6, 6.07) is 6.61. The lowest BCUT2D eigenvalue weighted by molar-refractivity contribution is -0.138. The van der Waals surface area contributed by atoms with Crippen molar-refractivity contribution in [2.45, 2.75) is 19.3 Å². The summed E-state index contributed by atoms with van der Waals surface area (Å²) in [5.74, 6) is -0.699. The highest BCUT2D eigenvalue weighted by Gasteiger charge is 2.34. The number of aliphatic hydroxyl groups excluding tert-OH is 1. The number of hydrogen-bond donors (Lipinski definition) is 4. The Bertz CT molecular complexity index is 1600. The number of halogens is 4. The first kappa shape index (κ1) is 29.2. The highest BCUT2D eigenvalue weighted by Crippen LogP contribution is 2.35. The van der Waals surface area contributed by atoms with Gasteiger partial charge >= 0.3 is 12.2 Å². The number of anilines is 3. The minimum atomic E-state index is -4.62. The van der Waals surface area contributed by atoms with Crippen molar-refractivity contribution >= 4 is 34.3 Å². The lowest BCUT2D eigenvalue weighted by Crippen LogP contribution is -2.44. The molecule has 42 heavy (non-hydrogen) atoms. The number of nitrogens with one attached hydrogen (secondary N) is 2. The molecule has 0 radical (unpaired) electrons. The third kappa shape index (κ3) is 6.27. The monoisotopic (exact) mass is 587 g/mol. The van der Waals surface area contributed by atoms with E-state index in [4.69, 9.17) is 5.73 Å². The summed E-state index contributed by atoms with van der Waals surface area (Å²) in [5, 5.41) is 18.8. The van der Waals surface area contributed by atoms with Crippen LogP contribution in [0.1, 0.15) is 11.1 Å². The summed E-state index contributed by atoms with van der Waals surface area (Å²) in [4.78, 5) is 24.8. The summed E-state index contributed by atoms with van der Waals surface area (Å²) in [7, 11) is 1.97. The Labute approximate surface area is 237 Å². The van der Waals surface area contributed by atoms with Crippen molar-refractivity contribution in [2.24, 2.45) is 0 Å². The Morgan fingerprint density at radius 3 is 2.52 bits per heavy atom. The maximum Gasteiger partial charge on any atom is 0.416 e. The molecular weight excluding hydrogens is 558 g/mol. The second-order valence-electron chi connectivity index (χ2n) is 9.98. The van der Waals surface area contributed by atoms with Crippen molar-refractivity contribution in [3.05, 3.63) is 59.7 Å². The lowest BCUT2D eigenvalue weighted by Gasteiger charge is -2.33. The minimum absolute atomic E-state index is 0.0876. The molecule has 0 spiro atoms. The Morgan fingerprint density at radius 1 is 1.07 bits per heavy atom. The summed E-state index contributed by atoms with van der Waals surface area (Å²) in [6.07, 6.45) is -3.37. The number of aliphatic hydroxyl groups is 1. The fourth-order valence-electron chi connectivity index (χ4n) is 4.83. The van der Waals surface area contributed by atoms with Crippen LogP contribution in [0, 0.1) is 5.82 Å². The molecule has 1 saturated heterocycles. The topological polar surface area (TPSA) is 137 Å². The molecule has 5 rings (SSSR count). The molecule has 0 unspecified atom stereocenters. The van der Waals surface area contributed by atoms with E-state index < -0.39 is 23.6 Å². The van der Waals surface area contributed by atoms with E-state index in [-0.39, 0.29) is 48.1 Å². The average molecular weight is 588 g/mol. The van der Waals surface area contributed by atoms with E-state index in [2.05, 4.69) is 30.6 Å². The van der Waals surface area contributed by atoms with Gasteiger partial charge in [-0.05, 0) is 36.9 Å². The molecule has 5 N–H and O–H groups in total. The van der Waals surface area contributed by atoms with E-state index in [1.807, 2.05) is 11.9 Å². The fourth-order valence-corrected chi connectivity index (χ4v) is 4.83. The van der Waals surface area contributed by atoms with Crippen LogP contribution >= 0.6 is 0 Å². The number of piperazine rings is 1. The lowest BCUT2D eigenvalue weighted by atomic mass is 10.0. The van der Waals surface area contributed by atoms with Gasteiger partial charge in [0.1, 0.15) is 23.7 Å². The number of benzene rings is 2. The van der Waals surface area contributed by atoms with Crippen molar-refractivity contribution in [1.82, 2.24) is 29.5 Å². The molecular formula is C27H29F4N9O2. The molecule has 2 amide bonds. The number of carbonyl (C=O) groups excluding carboxylic acids is 1. The summed E-state index contributed by atoms with van der Waals surface area (Å²) in [5.41, 5.74) is 5.94. The minimum Gasteiger partial charge on any atom is -0.394 e. The van der Waals surface area contributed by atoms with Gasteiger partial charge in [-0.1, -0.05) is 12.1 Å². The van der Waals surface area contributed by atoms with E-state index in [9.17, 15) is 23.1 Å². The maximum atomic E-state index is 15.1. The number of hydrogen-bond acceptors (Lipinski definition) is 8. The van der Waals surface area contributed by atoms with Crippen molar-refractivity contribution in [1.29, 1.82) is 0 Å². The molecule has 4 aromatic rings. The Kier molecular flexibility index (Phi) is 8.24. The fraction of sp³-hybridized carbons (Fsp3) is 0.333. The van der Waals surface area contributed by atoms with Crippen molar-refractivity contribution in [2.75, 3.05) is 56.2 Å². The second kappa shape index (κ2) is 11.9. The molecule has 2 aromatic carbocycles. The molecule has 1 fully saturated rings. The number of carbonyl (C=O) groups is 1. The number of nitrogens with two attached hydrogens (primary N) is 1. The predicted octanol–water partition coefficient (Wildman–Crippen LogP) is 3.62. The number of alkyl halides is 3. The van der Waals surface area contributed by atoms with Crippen LogP contribution in [-0.2, 0) is 19.3 Å². The first-order valence-electron chi connectivity index (χ1n) is 13.1. The number of nitrogens with zero attached hydrogens (tertiary/aromatic N) is 6. The molecule has 1 aliphatic heterocycles. The van der Waals surface area contributed by atoms with E-state index in [1.165, 1.54) is 35.3 Å². The van der Waals surface area contributed by atoms with Crippen LogP contribution in [0.3, 0.4) is 0 Å². The molecule has 0 saturated carbocycles. The first-order chi connectivity index (χ1) is 20.0. The molecule has 222 valence electrons. The number of rotatable bonds is 7. The van der Waals surface area contributed by atoms with Gasteiger partial charge in [-0.15, -0.1) is 0 Å². The van der Waals surface area contributed by atoms with Gasteiger partial charge in [0, 0.05) is 44.0 Å². The van der Waals surface area contributed by atoms with Gasteiger partial charge in [0.25, 0.3) is 0 Å². The maximum absolute atomic E-state index is 15.1. The molecule has 3 heterocycles. The van der Waals surface area contributed by atoms with Crippen LogP contribution in [0.4, 0.5) is 39.5 Å².